The van der Waals surface area contributed by atoms with Gasteiger partial charge in [0.05, 0.1) is 6.04 Å². The highest BCUT2D eigenvalue weighted by Gasteiger charge is 2.31. The minimum Gasteiger partial charge on any atom is -0.326 e. The predicted molar refractivity (Wildman–Crippen MR) is 89.1 cm³/mol. The number of nitrogens with two attached hydrogens (primary N) is 1. The second-order valence-electron chi connectivity index (χ2n) is 6.25. The van der Waals surface area contributed by atoms with Crippen LogP contribution in [0.3, 0.4) is 0 Å². The molecule has 2 N–H and O–H groups in total. The molecule has 2 fully saturated rings. The van der Waals surface area contributed by atoms with E-state index in [1.54, 1.807) is 0 Å². The maximum absolute atomic E-state index is 6.27. The summed E-state index contributed by atoms with van der Waals surface area (Å²) >= 11 is 5.38. The molecule has 0 bridgehead atoms. The van der Waals surface area contributed by atoms with Gasteiger partial charge in [-0.05, 0) is 47.7 Å². The van der Waals surface area contributed by atoms with Crippen molar-refractivity contribution >= 4 is 27.3 Å². The van der Waals surface area contributed by atoms with Gasteiger partial charge in [-0.15, -0.1) is 11.3 Å². The van der Waals surface area contributed by atoms with Crippen molar-refractivity contribution in [3.63, 3.8) is 0 Å². The van der Waals surface area contributed by atoms with E-state index in [0.717, 1.165) is 19.0 Å². The van der Waals surface area contributed by atoms with E-state index < -0.39 is 0 Å². The van der Waals surface area contributed by atoms with Crippen LogP contribution in [0.5, 0.6) is 0 Å². The molecule has 1 aliphatic heterocycles. The zero-order valence-corrected chi connectivity index (χ0v) is 14.5. The van der Waals surface area contributed by atoms with Crippen LogP contribution in [0.4, 0.5) is 0 Å². The number of piperazine rings is 1. The number of halogens is 1. The molecule has 0 spiro atoms. The van der Waals surface area contributed by atoms with Crippen LogP contribution in [-0.4, -0.2) is 48.6 Å². The van der Waals surface area contributed by atoms with Crippen LogP contribution in [0, 0.1) is 5.92 Å². The highest BCUT2D eigenvalue weighted by molar-refractivity contribution is 9.10. The third-order valence-electron chi connectivity index (χ3n) is 4.39. The summed E-state index contributed by atoms with van der Waals surface area (Å²) in [7, 11) is 0. The Morgan fingerprint density at radius 3 is 2.55 bits per heavy atom. The molecule has 1 aliphatic carbocycles. The Morgan fingerprint density at radius 1 is 1.35 bits per heavy atom. The molecule has 112 valence electrons. The number of thiophene rings is 1. The first kappa shape index (κ1) is 15.0. The first-order valence-electron chi connectivity index (χ1n) is 7.59. The molecule has 2 atom stereocenters. The van der Waals surface area contributed by atoms with Crippen LogP contribution in [-0.2, 0) is 0 Å². The summed E-state index contributed by atoms with van der Waals surface area (Å²) in [4.78, 5) is 6.60. The molecule has 0 amide bonds. The summed E-state index contributed by atoms with van der Waals surface area (Å²) in [6.45, 7) is 8.15. The van der Waals surface area contributed by atoms with Crippen LogP contribution in [0.15, 0.2) is 15.9 Å². The highest BCUT2D eigenvalue weighted by atomic mass is 79.9. The van der Waals surface area contributed by atoms with Gasteiger partial charge >= 0.3 is 0 Å². The summed E-state index contributed by atoms with van der Waals surface area (Å²) in [5.41, 5.74) is 6.27. The summed E-state index contributed by atoms with van der Waals surface area (Å²) in [6, 6.07) is 2.78. The van der Waals surface area contributed by atoms with Crippen LogP contribution < -0.4 is 5.73 Å². The smallest absolute Gasteiger partial charge is 0.0592 e. The Hall–Kier alpha value is 0.0600. The van der Waals surface area contributed by atoms with E-state index in [-0.39, 0.29) is 6.04 Å². The zero-order chi connectivity index (χ0) is 14.1. The lowest BCUT2D eigenvalue weighted by Gasteiger charge is -2.40. The molecule has 3 nitrogen and oxygen atoms in total. The van der Waals surface area contributed by atoms with Gasteiger partial charge in [0.1, 0.15) is 0 Å². The van der Waals surface area contributed by atoms with Crippen molar-refractivity contribution < 1.29 is 0 Å². The van der Waals surface area contributed by atoms with Crippen molar-refractivity contribution in [1.29, 1.82) is 0 Å². The molecule has 0 radical (unpaired) electrons. The van der Waals surface area contributed by atoms with E-state index in [2.05, 4.69) is 44.1 Å². The van der Waals surface area contributed by atoms with E-state index in [1.807, 2.05) is 11.3 Å². The maximum atomic E-state index is 6.27. The van der Waals surface area contributed by atoms with Gasteiger partial charge in [-0.1, -0.05) is 0 Å². The number of nitrogens with zero attached hydrogens (tertiary/aromatic N) is 2. The third kappa shape index (κ3) is 3.63. The van der Waals surface area contributed by atoms with E-state index in [1.165, 1.54) is 41.8 Å². The van der Waals surface area contributed by atoms with Gasteiger partial charge in [0.15, 0.2) is 0 Å². The SMILES string of the molecule is CC(N)C(c1cc(Br)cs1)N1CCN(CC2CC2)CC1. The van der Waals surface area contributed by atoms with E-state index in [9.17, 15) is 0 Å². The predicted octanol–water partition coefficient (Wildman–Crippen LogP) is 2.93. The minimum atomic E-state index is 0.176. The number of hydrogen-bond acceptors (Lipinski definition) is 4. The average molecular weight is 358 g/mol. The highest BCUT2D eigenvalue weighted by Crippen LogP contribution is 2.33. The molecule has 1 saturated heterocycles. The molecule has 0 aromatic carbocycles. The lowest BCUT2D eigenvalue weighted by atomic mass is 10.1. The van der Waals surface area contributed by atoms with Crippen molar-refractivity contribution in [2.24, 2.45) is 11.7 Å². The summed E-state index contributed by atoms with van der Waals surface area (Å²) in [5.74, 6) is 0.999. The molecule has 2 heterocycles. The molecule has 5 heteroatoms. The third-order valence-corrected chi connectivity index (χ3v) is 6.16. The van der Waals surface area contributed by atoms with Gasteiger partial charge in [0, 0.05) is 53.5 Å². The number of rotatable bonds is 5. The lowest BCUT2D eigenvalue weighted by molar-refractivity contribution is 0.0856. The van der Waals surface area contributed by atoms with E-state index in [0.29, 0.717) is 6.04 Å². The second-order valence-corrected chi connectivity index (χ2v) is 8.11. The van der Waals surface area contributed by atoms with Crippen molar-refractivity contribution in [2.75, 3.05) is 32.7 Å². The average Bonchev–Trinajstić information content (AvgIpc) is 3.13. The quantitative estimate of drug-likeness (QED) is 0.879. The van der Waals surface area contributed by atoms with Gasteiger partial charge < -0.3 is 10.6 Å². The molecule has 1 saturated carbocycles. The van der Waals surface area contributed by atoms with E-state index >= 15 is 0 Å². The van der Waals surface area contributed by atoms with Gasteiger partial charge in [0.2, 0.25) is 0 Å². The molecule has 2 unspecified atom stereocenters. The summed E-state index contributed by atoms with van der Waals surface area (Å²) in [5, 5.41) is 2.16. The van der Waals surface area contributed by atoms with Gasteiger partial charge in [-0.2, -0.15) is 0 Å². The Balaban J connectivity index is 1.61. The van der Waals surface area contributed by atoms with Crippen molar-refractivity contribution in [3.8, 4) is 0 Å². The summed E-state index contributed by atoms with van der Waals surface area (Å²) in [6.07, 6.45) is 2.90. The fraction of sp³-hybridized carbons (Fsp3) is 0.733. The molecule has 20 heavy (non-hydrogen) atoms. The molecular formula is C15H24BrN3S. The van der Waals surface area contributed by atoms with Crippen molar-refractivity contribution in [2.45, 2.75) is 31.8 Å². The van der Waals surface area contributed by atoms with Gasteiger partial charge in [-0.3, -0.25) is 4.90 Å². The monoisotopic (exact) mass is 357 g/mol. The fourth-order valence-corrected chi connectivity index (χ4v) is 4.84. The number of hydrogen-bond donors (Lipinski definition) is 1. The van der Waals surface area contributed by atoms with Crippen LogP contribution in [0.2, 0.25) is 0 Å². The topological polar surface area (TPSA) is 32.5 Å². The Bertz CT molecular complexity index is 436. The fourth-order valence-electron chi connectivity index (χ4n) is 3.14. The minimum absolute atomic E-state index is 0.176. The largest absolute Gasteiger partial charge is 0.326 e. The Labute approximate surface area is 134 Å². The van der Waals surface area contributed by atoms with Crippen LogP contribution in [0.1, 0.15) is 30.7 Å². The molecule has 2 aliphatic rings. The van der Waals surface area contributed by atoms with Crippen molar-refractivity contribution in [3.05, 3.63) is 20.8 Å². The first-order valence-corrected chi connectivity index (χ1v) is 9.26. The van der Waals surface area contributed by atoms with Gasteiger partial charge in [0.25, 0.3) is 0 Å². The van der Waals surface area contributed by atoms with Gasteiger partial charge in [-0.25, -0.2) is 0 Å². The van der Waals surface area contributed by atoms with Crippen LogP contribution in [0.25, 0.3) is 0 Å². The normalized spacial score (nSPS) is 24.8. The molecule has 1 aromatic heterocycles. The van der Waals surface area contributed by atoms with Crippen LogP contribution >= 0.6 is 27.3 Å². The first-order chi connectivity index (χ1) is 9.63. The van der Waals surface area contributed by atoms with Crippen molar-refractivity contribution in [1.82, 2.24) is 9.80 Å². The zero-order valence-electron chi connectivity index (χ0n) is 12.1. The van der Waals surface area contributed by atoms with E-state index in [4.69, 9.17) is 5.73 Å². The Kier molecular flexibility index (Phi) is 4.82. The Morgan fingerprint density at radius 2 is 2.05 bits per heavy atom. The molecule has 3 rings (SSSR count). The maximum Gasteiger partial charge on any atom is 0.0592 e. The second kappa shape index (κ2) is 6.44. The molecular weight excluding hydrogens is 334 g/mol. The standard InChI is InChI=1S/C15H24BrN3S/c1-11(17)15(14-8-13(16)10-20-14)19-6-4-18(5-7-19)9-12-2-3-12/h8,10-12,15H,2-7,9,17H2,1H3. The summed E-state index contributed by atoms with van der Waals surface area (Å²) < 4.78 is 1.18. The lowest BCUT2D eigenvalue weighted by Crippen LogP contribution is -2.51. The molecule has 1 aromatic rings.